The number of hydrogen-bond donors (Lipinski definition) is 1. The number of nitrogens with zero attached hydrogens (tertiary/aromatic N) is 2. The van der Waals surface area contributed by atoms with Crippen LogP contribution < -0.4 is 5.73 Å². The first-order valence-electron chi connectivity index (χ1n) is 5.61. The molecule has 0 aliphatic rings. The third kappa shape index (κ3) is 3.88. The Bertz CT molecular complexity index is 320. The Morgan fingerprint density at radius 2 is 2.19 bits per heavy atom. The number of nitrogens with two attached hydrogens (primary N) is 1. The number of aromatic nitrogens is 2. The van der Waals surface area contributed by atoms with Crippen molar-refractivity contribution < 1.29 is 4.74 Å². The fraction of sp³-hybridized carbons (Fsp3) is 0.500. The molecule has 1 heterocycles. The van der Waals surface area contributed by atoms with E-state index in [9.17, 15) is 0 Å². The van der Waals surface area contributed by atoms with E-state index in [0.717, 1.165) is 12.8 Å². The summed E-state index contributed by atoms with van der Waals surface area (Å²) in [6, 6.07) is 0. The van der Waals surface area contributed by atoms with Crippen LogP contribution in [0.25, 0.3) is 5.70 Å². The van der Waals surface area contributed by atoms with Gasteiger partial charge in [-0.05, 0) is 5.92 Å². The van der Waals surface area contributed by atoms with E-state index in [2.05, 4.69) is 23.8 Å². The molecule has 88 valence electrons. The van der Waals surface area contributed by atoms with Crippen LogP contribution in [0.4, 0.5) is 0 Å². The Morgan fingerprint density at radius 1 is 1.44 bits per heavy atom. The highest BCUT2D eigenvalue weighted by Gasteiger charge is 2.03. The van der Waals surface area contributed by atoms with Gasteiger partial charge in [-0.3, -0.25) is 9.97 Å². The summed E-state index contributed by atoms with van der Waals surface area (Å²) in [5.41, 5.74) is 6.96. The van der Waals surface area contributed by atoms with Crippen LogP contribution in [0, 0.1) is 5.92 Å². The summed E-state index contributed by atoms with van der Waals surface area (Å²) < 4.78 is 5.44. The molecule has 0 radical (unpaired) electrons. The predicted molar refractivity (Wildman–Crippen MR) is 64.2 cm³/mol. The van der Waals surface area contributed by atoms with Crippen LogP contribution in [-0.2, 0) is 4.74 Å². The summed E-state index contributed by atoms with van der Waals surface area (Å²) in [4.78, 5) is 8.02. The number of ether oxygens (including phenoxy) is 1. The molecule has 16 heavy (non-hydrogen) atoms. The molecule has 0 saturated carbocycles. The monoisotopic (exact) mass is 221 g/mol. The van der Waals surface area contributed by atoms with Gasteiger partial charge < -0.3 is 10.5 Å². The van der Waals surface area contributed by atoms with Gasteiger partial charge in [-0.25, -0.2) is 0 Å². The van der Waals surface area contributed by atoms with Crippen molar-refractivity contribution in [3.8, 4) is 0 Å². The quantitative estimate of drug-likeness (QED) is 0.748. The summed E-state index contributed by atoms with van der Waals surface area (Å²) in [5, 5.41) is 0. The molecule has 0 bridgehead atoms. The van der Waals surface area contributed by atoms with Crippen molar-refractivity contribution in [2.45, 2.75) is 26.7 Å². The highest BCUT2D eigenvalue weighted by molar-refractivity contribution is 5.56. The molecule has 0 unspecified atom stereocenters. The van der Waals surface area contributed by atoms with Crippen LogP contribution >= 0.6 is 0 Å². The number of hydrogen-bond acceptors (Lipinski definition) is 4. The van der Waals surface area contributed by atoms with E-state index in [-0.39, 0.29) is 0 Å². The minimum Gasteiger partial charge on any atom is -0.499 e. The van der Waals surface area contributed by atoms with Gasteiger partial charge >= 0.3 is 0 Å². The molecule has 0 saturated heterocycles. The van der Waals surface area contributed by atoms with E-state index in [1.165, 1.54) is 0 Å². The molecule has 4 heteroatoms. The van der Waals surface area contributed by atoms with Gasteiger partial charge in [0.05, 0.1) is 18.5 Å². The van der Waals surface area contributed by atoms with Gasteiger partial charge in [0.15, 0.2) is 0 Å². The van der Waals surface area contributed by atoms with Crippen molar-refractivity contribution in [2.75, 3.05) is 6.61 Å². The maximum Gasteiger partial charge on any atom is 0.108 e. The van der Waals surface area contributed by atoms with E-state index in [4.69, 9.17) is 10.5 Å². The lowest BCUT2D eigenvalue weighted by Gasteiger charge is -2.11. The molecule has 0 fully saturated rings. The van der Waals surface area contributed by atoms with Crippen LogP contribution in [-0.4, -0.2) is 16.6 Å². The highest BCUT2D eigenvalue weighted by Crippen LogP contribution is 2.09. The Morgan fingerprint density at radius 3 is 2.75 bits per heavy atom. The summed E-state index contributed by atoms with van der Waals surface area (Å²) in [7, 11) is 0. The predicted octanol–water partition coefficient (Wildman–Crippen LogP) is 2.19. The fourth-order valence-electron chi connectivity index (χ4n) is 1.31. The van der Waals surface area contributed by atoms with Gasteiger partial charge in [0, 0.05) is 12.4 Å². The third-order valence-corrected chi connectivity index (χ3v) is 2.56. The summed E-state index contributed by atoms with van der Waals surface area (Å²) in [6.07, 6.45) is 8.64. The van der Waals surface area contributed by atoms with Crippen molar-refractivity contribution in [3.05, 3.63) is 30.5 Å². The molecule has 0 aliphatic carbocycles. The molecule has 4 nitrogen and oxygen atoms in total. The first kappa shape index (κ1) is 12.5. The second-order valence-corrected chi connectivity index (χ2v) is 3.68. The molecular formula is C12H19N3O. The van der Waals surface area contributed by atoms with Crippen molar-refractivity contribution in [1.29, 1.82) is 0 Å². The molecule has 0 aromatic carbocycles. The first-order valence-corrected chi connectivity index (χ1v) is 5.61. The summed E-state index contributed by atoms with van der Waals surface area (Å²) >= 11 is 0. The third-order valence-electron chi connectivity index (χ3n) is 2.56. The molecule has 0 aliphatic heterocycles. The van der Waals surface area contributed by atoms with Crippen molar-refractivity contribution in [2.24, 2.45) is 11.7 Å². The molecular weight excluding hydrogens is 202 g/mol. The van der Waals surface area contributed by atoms with Gasteiger partial charge in [0.2, 0.25) is 0 Å². The van der Waals surface area contributed by atoms with Gasteiger partial charge in [-0.1, -0.05) is 26.7 Å². The number of rotatable bonds is 6. The molecule has 0 atom stereocenters. The lowest BCUT2D eigenvalue weighted by molar-refractivity contribution is 0.189. The Kier molecular flexibility index (Phi) is 5.32. The van der Waals surface area contributed by atoms with E-state index in [0.29, 0.717) is 23.9 Å². The van der Waals surface area contributed by atoms with Crippen molar-refractivity contribution in [1.82, 2.24) is 9.97 Å². The van der Waals surface area contributed by atoms with Crippen LogP contribution in [0.1, 0.15) is 32.4 Å². The first-order chi connectivity index (χ1) is 7.77. The zero-order valence-electron chi connectivity index (χ0n) is 9.89. The van der Waals surface area contributed by atoms with Crippen LogP contribution in [0.5, 0.6) is 0 Å². The summed E-state index contributed by atoms with van der Waals surface area (Å²) in [5.74, 6) is 0.589. The molecule has 1 aromatic heterocycles. The zero-order valence-corrected chi connectivity index (χ0v) is 9.89. The molecule has 0 spiro atoms. The van der Waals surface area contributed by atoms with Crippen LogP contribution in [0.2, 0.25) is 0 Å². The van der Waals surface area contributed by atoms with Gasteiger partial charge in [-0.15, -0.1) is 0 Å². The second kappa shape index (κ2) is 6.82. The molecule has 1 rings (SSSR count). The minimum absolute atomic E-state index is 0.513. The Hall–Kier alpha value is -1.58. The second-order valence-electron chi connectivity index (χ2n) is 3.68. The normalized spacial score (nSPS) is 11.8. The SMILES string of the molecule is CCC(CC)CO/C=C(\N)c1cnccn1. The highest BCUT2D eigenvalue weighted by atomic mass is 16.5. The smallest absolute Gasteiger partial charge is 0.108 e. The maximum absolute atomic E-state index is 5.80. The molecule has 2 N–H and O–H groups in total. The fourth-order valence-corrected chi connectivity index (χ4v) is 1.31. The topological polar surface area (TPSA) is 61.0 Å². The van der Waals surface area contributed by atoms with Gasteiger partial charge in [0.1, 0.15) is 12.0 Å². The standard InChI is InChI=1S/C12H19N3O/c1-3-10(4-2)8-16-9-11(13)12-7-14-5-6-15-12/h5-7,9-10H,3-4,8,13H2,1-2H3/b11-9-. The minimum atomic E-state index is 0.513. The average Bonchev–Trinajstić information content (AvgIpc) is 2.35. The maximum atomic E-state index is 5.80. The summed E-state index contributed by atoms with van der Waals surface area (Å²) in [6.45, 7) is 5.02. The Balaban J connectivity index is 2.46. The zero-order chi connectivity index (χ0) is 11.8. The van der Waals surface area contributed by atoms with E-state index >= 15 is 0 Å². The van der Waals surface area contributed by atoms with Crippen LogP contribution in [0.15, 0.2) is 24.9 Å². The van der Waals surface area contributed by atoms with Crippen LogP contribution in [0.3, 0.4) is 0 Å². The van der Waals surface area contributed by atoms with E-state index in [1.807, 2.05) is 0 Å². The van der Waals surface area contributed by atoms with Gasteiger partial charge in [-0.2, -0.15) is 0 Å². The molecule has 1 aromatic rings. The lowest BCUT2D eigenvalue weighted by Crippen LogP contribution is -2.06. The van der Waals surface area contributed by atoms with Crippen molar-refractivity contribution in [3.63, 3.8) is 0 Å². The lowest BCUT2D eigenvalue weighted by atomic mass is 10.1. The van der Waals surface area contributed by atoms with E-state index in [1.54, 1.807) is 24.9 Å². The molecule has 0 amide bonds. The van der Waals surface area contributed by atoms with Gasteiger partial charge in [0.25, 0.3) is 0 Å². The average molecular weight is 221 g/mol. The Labute approximate surface area is 96.6 Å². The van der Waals surface area contributed by atoms with Crippen molar-refractivity contribution >= 4 is 5.70 Å². The largest absolute Gasteiger partial charge is 0.499 e. The van der Waals surface area contributed by atoms with E-state index < -0.39 is 0 Å².